The van der Waals surface area contributed by atoms with Crippen molar-refractivity contribution in [3.05, 3.63) is 29.6 Å². The highest BCUT2D eigenvalue weighted by Crippen LogP contribution is 2.32. The molecule has 0 atom stereocenters. The van der Waals surface area contributed by atoms with E-state index < -0.39 is 12.0 Å². The van der Waals surface area contributed by atoms with Gasteiger partial charge in [-0.25, -0.2) is 9.97 Å². The first-order valence-electron chi connectivity index (χ1n) is 7.62. The van der Waals surface area contributed by atoms with Crippen molar-refractivity contribution in [2.75, 3.05) is 31.1 Å². The summed E-state index contributed by atoms with van der Waals surface area (Å²) in [5, 5.41) is 0.597. The first-order valence-corrected chi connectivity index (χ1v) is 7.62. The van der Waals surface area contributed by atoms with Crippen LogP contribution in [0.15, 0.2) is 18.2 Å². The average Bonchev–Trinajstić information content (AvgIpc) is 2.53. The lowest BCUT2D eigenvalue weighted by molar-refractivity contribution is -0.144. The zero-order chi connectivity index (χ0) is 17.5. The predicted molar refractivity (Wildman–Crippen MR) is 83.7 cm³/mol. The summed E-state index contributed by atoms with van der Waals surface area (Å²) in [5.41, 5.74) is 1.20. The van der Waals surface area contributed by atoms with Crippen molar-refractivity contribution in [2.24, 2.45) is 0 Å². The minimum Gasteiger partial charge on any atom is -0.352 e. The van der Waals surface area contributed by atoms with Crippen LogP contribution in [0.1, 0.15) is 18.3 Å². The van der Waals surface area contributed by atoms with Gasteiger partial charge in [-0.2, -0.15) is 13.2 Å². The Hall–Kier alpha value is -2.38. The molecule has 0 bridgehead atoms. The number of halogens is 3. The third kappa shape index (κ3) is 3.13. The summed E-state index contributed by atoms with van der Waals surface area (Å²) in [6.45, 7) is 5.17. The third-order valence-electron chi connectivity index (χ3n) is 4.11. The number of carbonyl (C=O) groups is 1. The van der Waals surface area contributed by atoms with Crippen LogP contribution in [-0.2, 0) is 11.0 Å². The molecule has 2 heterocycles. The number of benzene rings is 1. The lowest BCUT2D eigenvalue weighted by Gasteiger charge is -2.35. The molecule has 128 valence electrons. The fourth-order valence-electron chi connectivity index (χ4n) is 2.83. The van der Waals surface area contributed by atoms with Crippen LogP contribution >= 0.6 is 0 Å². The van der Waals surface area contributed by atoms with E-state index in [0.29, 0.717) is 31.6 Å². The van der Waals surface area contributed by atoms with Crippen LogP contribution in [0.4, 0.5) is 19.0 Å². The highest BCUT2D eigenvalue weighted by Gasteiger charge is 2.36. The van der Waals surface area contributed by atoms with Gasteiger partial charge in [0.25, 0.3) is 0 Å². The molecule has 3 rings (SSSR count). The van der Waals surface area contributed by atoms with Gasteiger partial charge >= 0.3 is 6.18 Å². The smallest absolute Gasteiger partial charge is 0.352 e. The first kappa shape index (κ1) is 16.5. The summed E-state index contributed by atoms with van der Waals surface area (Å²) in [4.78, 5) is 22.3. The number of carbonyl (C=O) groups excluding carboxylic acids is 1. The van der Waals surface area contributed by atoms with Crippen LogP contribution in [0.25, 0.3) is 10.9 Å². The molecule has 1 aromatic heterocycles. The molecule has 0 radical (unpaired) electrons. The fraction of sp³-hybridized carbons (Fsp3) is 0.438. The lowest BCUT2D eigenvalue weighted by atomic mass is 10.1. The molecule has 0 saturated carbocycles. The van der Waals surface area contributed by atoms with Gasteiger partial charge in [-0.05, 0) is 19.1 Å². The fourth-order valence-corrected chi connectivity index (χ4v) is 2.83. The molecule has 0 N–H and O–H groups in total. The second-order valence-electron chi connectivity index (χ2n) is 5.88. The monoisotopic (exact) mass is 338 g/mol. The van der Waals surface area contributed by atoms with Crippen molar-refractivity contribution in [3.8, 4) is 0 Å². The molecule has 5 nitrogen and oxygen atoms in total. The maximum absolute atomic E-state index is 13.1. The van der Waals surface area contributed by atoms with E-state index in [1.807, 2.05) is 6.92 Å². The van der Waals surface area contributed by atoms with Crippen molar-refractivity contribution >= 4 is 22.6 Å². The number of rotatable bonds is 1. The van der Waals surface area contributed by atoms with Gasteiger partial charge in [-0.1, -0.05) is 11.6 Å². The normalized spacial score (nSPS) is 15.9. The Morgan fingerprint density at radius 1 is 1.12 bits per heavy atom. The molecule has 1 amide bonds. The van der Waals surface area contributed by atoms with Crippen molar-refractivity contribution < 1.29 is 18.0 Å². The molecule has 0 spiro atoms. The standard InChI is InChI=1S/C16H17F3N4O/c1-10-3-4-13-12(9-10)14(21-15(20-13)16(17,18)19)23-7-5-22(6-8-23)11(2)24/h3-4,9H,5-8H2,1-2H3. The number of aryl methyl sites for hydroxylation is 1. The lowest BCUT2D eigenvalue weighted by Crippen LogP contribution is -2.48. The summed E-state index contributed by atoms with van der Waals surface area (Å²) in [6, 6.07) is 5.10. The quantitative estimate of drug-likeness (QED) is 0.802. The van der Waals surface area contributed by atoms with E-state index in [2.05, 4.69) is 9.97 Å². The molecule has 2 aromatic rings. The highest BCUT2D eigenvalue weighted by atomic mass is 19.4. The molecular weight excluding hydrogens is 321 g/mol. The number of amides is 1. The van der Waals surface area contributed by atoms with E-state index in [4.69, 9.17) is 0 Å². The van der Waals surface area contributed by atoms with Crippen LogP contribution in [-0.4, -0.2) is 47.0 Å². The van der Waals surface area contributed by atoms with Crippen LogP contribution in [0, 0.1) is 6.92 Å². The van der Waals surface area contributed by atoms with Crippen molar-refractivity contribution in [1.82, 2.24) is 14.9 Å². The summed E-state index contributed by atoms with van der Waals surface area (Å²) in [6.07, 6.45) is -4.60. The minimum atomic E-state index is -4.60. The van der Waals surface area contributed by atoms with E-state index in [0.717, 1.165) is 5.56 Å². The van der Waals surface area contributed by atoms with Gasteiger partial charge in [-0.15, -0.1) is 0 Å². The number of hydrogen-bond donors (Lipinski definition) is 0. The highest BCUT2D eigenvalue weighted by molar-refractivity contribution is 5.90. The van der Waals surface area contributed by atoms with Crippen molar-refractivity contribution in [1.29, 1.82) is 0 Å². The molecule has 0 aliphatic carbocycles. The van der Waals surface area contributed by atoms with Crippen LogP contribution in [0.2, 0.25) is 0 Å². The number of anilines is 1. The maximum Gasteiger partial charge on any atom is 0.451 e. The van der Waals surface area contributed by atoms with E-state index in [9.17, 15) is 18.0 Å². The predicted octanol–water partition coefficient (Wildman–Crippen LogP) is 2.63. The Morgan fingerprint density at radius 2 is 1.79 bits per heavy atom. The number of hydrogen-bond acceptors (Lipinski definition) is 4. The zero-order valence-electron chi connectivity index (χ0n) is 13.4. The molecule has 1 aliphatic heterocycles. The van der Waals surface area contributed by atoms with Gasteiger partial charge in [0, 0.05) is 38.5 Å². The molecular formula is C16H17F3N4O. The first-order chi connectivity index (χ1) is 11.3. The SMILES string of the molecule is CC(=O)N1CCN(c2nc(C(F)(F)F)nc3ccc(C)cc23)CC1. The number of alkyl halides is 3. The maximum atomic E-state index is 13.1. The van der Waals surface area contributed by atoms with Gasteiger partial charge in [0.05, 0.1) is 5.52 Å². The Morgan fingerprint density at radius 3 is 2.38 bits per heavy atom. The number of piperazine rings is 1. The van der Waals surface area contributed by atoms with Gasteiger partial charge < -0.3 is 9.80 Å². The molecule has 8 heteroatoms. The molecule has 1 aliphatic rings. The van der Waals surface area contributed by atoms with E-state index >= 15 is 0 Å². The molecule has 1 fully saturated rings. The second-order valence-corrected chi connectivity index (χ2v) is 5.88. The molecule has 1 aromatic carbocycles. The molecule has 1 saturated heterocycles. The summed E-state index contributed by atoms with van der Waals surface area (Å²) >= 11 is 0. The van der Waals surface area contributed by atoms with Gasteiger partial charge in [0.2, 0.25) is 11.7 Å². The van der Waals surface area contributed by atoms with E-state index in [1.54, 1.807) is 28.0 Å². The third-order valence-corrected chi connectivity index (χ3v) is 4.11. The van der Waals surface area contributed by atoms with Crippen molar-refractivity contribution in [3.63, 3.8) is 0 Å². The van der Waals surface area contributed by atoms with Crippen LogP contribution in [0.5, 0.6) is 0 Å². The largest absolute Gasteiger partial charge is 0.451 e. The van der Waals surface area contributed by atoms with Crippen LogP contribution < -0.4 is 4.90 Å². The number of nitrogens with zero attached hydrogens (tertiary/aromatic N) is 4. The van der Waals surface area contributed by atoms with Gasteiger partial charge in [-0.3, -0.25) is 4.79 Å². The Bertz CT molecular complexity index is 783. The second kappa shape index (κ2) is 5.92. The number of aromatic nitrogens is 2. The zero-order valence-corrected chi connectivity index (χ0v) is 13.4. The summed E-state index contributed by atoms with van der Waals surface area (Å²) in [7, 11) is 0. The Labute approximate surface area is 137 Å². The topological polar surface area (TPSA) is 49.3 Å². The van der Waals surface area contributed by atoms with E-state index in [-0.39, 0.29) is 17.2 Å². The Kier molecular flexibility index (Phi) is 4.06. The molecule has 0 unspecified atom stereocenters. The number of fused-ring (bicyclic) bond motifs is 1. The summed E-state index contributed by atoms with van der Waals surface area (Å²) < 4.78 is 39.3. The van der Waals surface area contributed by atoms with Gasteiger partial charge in [0.15, 0.2) is 0 Å². The Balaban J connectivity index is 2.05. The van der Waals surface area contributed by atoms with Crippen molar-refractivity contribution in [2.45, 2.75) is 20.0 Å². The average molecular weight is 338 g/mol. The molecule has 24 heavy (non-hydrogen) atoms. The van der Waals surface area contributed by atoms with Gasteiger partial charge in [0.1, 0.15) is 5.82 Å². The minimum absolute atomic E-state index is 0.0333. The van der Waals surface area contributed by atoms with E-state index in [1.165, 1.54) is 6.92 Å². The summed E-state index contributed by atoms with van der Waals surface area (Å²) in [5.74, 6) is -0.893. The van der Waals surface area contributed by atoms with Crippen LogP contribution in [0.3, 0.4) is 0 Å².